The molecule has 1 aliphatic heterocycles. The van der Waals surface area contributed by atoms with E-state index in [-0.39, 0.29) is 15.7 Å². The van der Waals surface area contributed by atoms with E-state index in [4.69, 9.17) is 54.9 Å². The van der Waals surface area contributed by atoms with E-state index >= 15 is 0 Å². The first-order valence-electron chi connectivity index (χ1n) is 10.5. The van der Waals surface area contributed by atoms with Gasteiger partial charge in [0.25, 0.3) is 0 Å². The van der Waals surface area contributed by atoms with Crippen LogP contribution in [0.15, 0.2) is 12.7 Å². The second-order valence-electron chi connectivity index (χ2n) is 7.30. The molecule has 1 aliphatic rings. The number of esters is 4. The molecule has 0 radical (unpaired) electrons. The smallest absolute Gasteiger partial charge is 0.330 e. The van der Waals surface area contributed by atoms with E-state index in [0.717, 1.165) is 0 Å². The molecule has 19 heteroatoms. The van der Waals surface area contributed by atoms with Crippen LogP contribution in [0.5, 0.6) is 0 Å². The van der Waals surface area contributed by atoms with Crippen LogP contribution in [0.4, 0.5) is 0 Å². The zero-order chi connectivity index (χ0) is 28.1. The molecule has 19 nitrogen and oxygen atoms in total. The number of carbonyl (C=O) groups excluding carboxylic acids is 4. The Morgan fingerprint density at radius 1 is 0.730 bits per heavy atom. The summed E-state index contributed by atoms with van der Waals surface area (Å²) in [5.74, 6) is -4.33. The fourth-order valence-electron chi connectivity index (χ4n) is 2.86. The second kappa shape index (κ2) is 16.1. The molecule has 1 rings (SSSR count). The quantitative estimate of drug-likeness (QED) is 0.0490. The molecule has 0 bridgehead atoms. The third-order valence-electron chi connectivity index (χ3n) is 4.52. The van der Waals surface area contributed by atoms with Gasteiger partial charge in [0.05, 0.1) is 38.9 Å². The number of aliphatic hydroxyl groups excluding tert-OH is 1. The molecule has 0 unspecified atom stereocenters. The molecular formula is C18H29N3O16. The van der Waals surface area contributed by atoms with Crippen molar-refractivity contribution in [3.8, 4) is 0 Å². The minimum atomic E-state index is -2.02. The minimum absolute atomic E-state index is 0.272. The summed E-state index contributed by atoms with van der Waals surface area (Å²) in [5.41, 5.74) is 0. The largest absolute Gasteiger partial charge is 0.463 e. The maximum absolute atomic E-state index is 12.3. The first-order chi connectivity index (χ1) is 17.3. The van der Waals surface area contributed by atoms with Crippen molar-refractivity contribution >= 4 is 23.9 Å². The van der Waals surface area contributed by atoms with E-state index in [9.17, 15) is 24.3 Å². The molecule has 0 aromatic heterocycles. The van der Waals surface area contributed by atoms with Gasteiger partial charge in [0.2, 0.25) is 0 Å². The summed E-state index contributed by atoms with van der Waals surface area (Å²) in [6, 6.07) is 0. The van der Waals surface area contributed by atoms with Gasteiger partial charge in [-0.05, 0) is 0 Å². The highest BCUT2D eigenvalue weighted by Gasteiger charge is 2.52. The van der Waals surface area contributed by atoms with Crippen LogP contribution < -0.4 is 0 Å². The van der Waals surface area contributed by atoms with E-state index in [1.54, 1.807) is 0 Å². The molecule has 1 heterocycles. The average Bonchev–Trinajstić information content (AvgIpc) is 2.82. The Labute approximate surface area is 208 Å². The number of hydrogen-bond acceptors (Lipinski definition) is 19. The van der Waals surface area contributed by atoms with Crippen molar-refractivity contribution < 1.29 is 79.2 Å². The van der Waals surface area contributed by atoms with Crippen LogP contribution in [0.1, 0.15) is 19.3 Å². The molecule has 0 aromatic rings. The average molecular weight is 543 g/mol. The summed E-state index contributed by atoms with van der Waals surface area (Å²) in [6.45, 7) is 0.677. The van der Waals surface area contributed by atoms with Gasteiger partial charge in [-0.2, -0.15) is 0 Å². The molecule has 1 saturated heterocycles. The normalized spacial score (nSPS) is 23.6. The lowest BCUT2D eigenvalue weighted by molar-refractivity contribution is -0.311. The topological polar surface area (TPSA) is 266 Å². The molecule has 0 spiro atoms. The molecule has 0 aliphatic carbocycles. The van der Waals surface area contributed by atoms with Crippen molar-refractivity contribution in [2.45, 2.75) is 50.0 Å². The molecule has 7 N–H and O–H groups in total. The maximum atomic E-state index is 12.3. The van der Waals surface area contributed by atoms with Crippen molar-refractivity contribution in [3.05, 3.63) is 12.7 Å². The summed E-state index contributed by atoms with van der Waals surface area (Å²) < 4.78 is 25.6. The van der Waals surface area contributed by atoms with E-state index in [1.165, 1.54) is 0 Å². The first kappa shape index (κ1) is 32.2. The molecular weight excluding hydrogens is 514 g/mol. The second-order valence-corrected chi connectivity index (χ2v) is 7.30. The maximum Gasteiger partial charge on any atom is 0.330 e. The van der Waals surface area contributed by atoms with Gasteiger partial charge < -0.3 is 28.8 Å². The highest BCUT2D eigenvalue weighted by molar-refractivity contribution is 5.81. The third-order valence-corrected chi connectivity index (χ3v) is 4.52. The van der Waals surface area contributed by atoms with Gasteiger partial charge in [0, 0.05) is 6.08 Å². The van der Waals surface area contributed by atoms with E-state index in [0.29, 0.717) is 6.08 Å². The Morgan fingerprint density at radius 3 is 1.65 bits per heavy atom. The number of ether oxygens (including phenoxy) is 5. The van der Waals surface area contributed by atoms with Gasteiger partial charge in [0.15, 0.2) is 24.6 Å². The van der Waals surface area contributed by atoms with Gasteiger partial charge in [-0.15, -0.1) is 0 Å². The summed E-state index contributed by atoms with van der Waals surface area (Å²) in [4.78, 5) is 48.2. The predicted molar refractivity (Wildman–Crippen MR) is 106 cm³/mol. The standard InChI is InChI=1S/C18H29N3O16/c1-2-11(22)35-17-16(37-14(25)5-8-21(31)32)15(36-13(24)4-7-20(29)30)10(34-18(17)26)9-33-12(23)3-6-19(27)28/h2,10,15-18,26-32H,1,3-9H2/t10-,15-,16+,17-,18+/m1/s1. The predicted octanol–water partition coefficient (Wildman–Crippen LogP) is -2.42. The van der Waals surface area contributed by atoms with Crippen LogP contribution in [-0.4, -0.2) is 133 Å². The highest BCUT2D eigenvalue weighted by Crippen LogP contribution is 2.28. The van der Waals surface area contributed by atoms with Crippen molar-refractivity contribution in [1.29, 1.82) is 0 Å². The Kier molecular flexibility index (Phi) is 14.0. The summed E-state index contributed by atoms with van der Waals surface area (Å²) in [7, 11) is 0. The lowest BCUT2D eigenvalue weighted by Gasteiger charge is -2.42. The van der Waals surface area contributed by atoms with Gasteiger partial charge in [-0.25, -0.2) is 4.79 Å². The number of hydrogen-bond donors (Lipinski definition) is 7. The molecule has 1 fully saturated rings. The Hall–Kier alpha value is -2.82. The van der Waals surface area contributed by atoms with E-state index in [1.807, 2.05) is 0 Å². The lowest BCUT2D eigenvalue weighted by atomic mass is 9.98. The Bertz CT molecular complexity index is 778. The summed E-state index contributed by atoms with van der Waals surface area (Å²) >= 11 is 0. The van der Waals surface area contributed by atoms with Gasteiger partial charge in [-0.3, -0.25) is 45.6 Å². The SMILES string of the molecule is C=CC(=O)O[C@@H]1[C@@H](OC(=O)CCN(O)O)[C@H](OC(=O)CCN(O)O)[C@@H](COC(=O)CCN(O)O)O[C@@H]1O. The molecule has 0 saturated carbocycles. The Morgan fingerprint density at radius 2 is 1.19 bits per heavy atom. The van der Waals surface area contributed by atoms with Crippen molar-refractivity contribution in [2.24, 2.45) is 0 Å². The van der Waals surface area contributed by atoms with Gasteiger partial charge >= 0.3 is 23.9 Å². The van der Waals surface area contributed by atoms with E-state index < -0.39 is 100 Å². The molecule has 212 valence electrons. The monoisotopic (exact) mass is 543 g/mol. The minimum Gasteiger partial charge on any atom is -0.463 e. The van der Waals surface area contributed by atoms with Crippen molar-refractivity contribution in [1.82, 2.24) is 15.7 Å². The summed E-state index contributed by atoms with van der Waals surface area (Å²) in [5, 5.41) is 62.2. The molecule has 37 heavy (non-hydrogen) atoms. The fourth-order valence-corrected chi connectivity index (χ4v) is 2.86. The van der Waals surface area contributed by atoms with Crippen LogP contribution in [-0.2, 0) is 42.9 Å². The zero-order valence-corrected chi connectivity index (χ0v) is 19.3. The van der Waals surface area contributed by atoms with Crippen LogP contribution in [0.25, 0.3) is 0 Å². The van der Waals surface area contributed by atoms with Gasteiger partial charge in [-0.1, -0.05) is 22.3 Å². The Balaban J connectivity index is 3.21. The molecule has 5 atom stereocenters. The van der Waals surface area contributed by atoms with Gasteiger partial charge in [0.1, 0.15) is 12.7 Å². The number of nitrogens with zero attached hydrogens (tertiary/aromatic N) is 3. The van der Waals surface area contributed by atoms with Crippen molar-refractivity contribution in [2.75, 3.05) is 26.2 Å². The van der Waals surface area contributed by atoms with Crippen LogP contribution in [0.2, 0.25) is 0 Å². The lowest BCUT2D eigenvalue weighted by Crippen LogP contribution is -2.62. The summed E-state index contributed by atoms with van der Waals surface area (Å²) in [6.07, 6.45) is -9.98. The van der Waals surface area contributed by atoms with E-state index in [2.05, 4.69) is 6.58 Å². The van der Waals surface area contributed by atoms with Crippen LogP contribution >= 0.6 is 0 Å². The third kappa shape index (κ3) is 12.3. The highest BCUT2D eigenvalue weighted by atomic mass is 16.8. The molecule has 0 amide bonds. The fraction of sp³-hybridized carbons (Fsp3) is 0.667. The number of aliphatic hydroxyl groups is 1. The number of hydroxylamine groups is 6. The van der Waals surface area contributed by atoms with Crippen LogP contribution in [0.3, 0.4) is 0 Å². The van der Waals surface area contributed by atoms with Crippen molar-refractivity contribution in [3.63, 3.8) is 0 Å². The zero-order valence-electron chi connectivity index (χ0n) is 19.3. The number of rotatable bonds is 15. The molecule has 0 aromatic carbocycles. The first-order valence-corrected chi connectivity index (χ1v) is 10.5. The van der Waals surface area contributed by atoms with Crippen LogP contribution in [0, 0.1) is 0 Å². The number of carbonyl (C=O) groups is 4.